The lowest BCUT2D eigenvalue weighted by atomic mass is 10.2. The van der Waals surface area contributed by atoms with Gasteiger partial charge >= 0.3 is 5.97 Å². The van der Waals surface area contributed by atoms with Crippen molar-refractivity contribution in [1.29, 1.82) is 0 Å². The van der Waals surface area contributed by atoms with Gasteiger partial charge in [-0.25, -0.2) is 4.79 Å². The van der Waals surface area contributed by atoms with Crippen LogP contribution in [0.25, 0.3) is 0 Å². The summed E-state index contributed by atoms with van der Waals surface area (Å²) in [6.07, 6.45) is 0.670. The zero-order chi connectivity index (χ0) is 8.43. The second-order valence-corrected chi connectivity index (χ2v) is 2.83. The van der Waals surface area contributed by atoms with E-state index in [4.69, 9.17) is 5.11 Å². The number of hydrogen-bond acceptors (Lipinski definition) is 2. The lowest BCUT2D eigenvalue weighted by molar-refractivity contribution is -0.505. The van der Waals surface area contributed by atoms with Gasteiger partial charge in [-0.3, -0.25) is 9.89 Å². The SMILES string of the molecule is CC1=[N+](C)CCC(C(=O)O)N1. The van der Waals surface area contributed by atoms with Crippen molar-refractivity contribution in [3.8, 4) is 0 Å². The molecule has 11 heavy (non-hydrogen) atoms. The smallest absolute Gasteiger partial charge is 0.348 e. The second kappa shape index (κ2) is 2.90. The van der Waals surface area contributed by atoms with Gasteiger partial charge in [0, 0.05) is 13.3 Å². The molecule has 1 aliphatic rings. The summed E-state index contributed by atoms with van der Waals surface area (Å²) in [4.78, 5) is 10.5. The highest BCUT2D eigenvalue weighted by atomic mass is 16.4. The van der Waals surface area contributed by atoms with Gasteiger partial charge in [-0.2, -0.15) is 0 Å². The van der Waals surface area contributed by atoms with Gasteiger partial charge < -0.3 is 5.11 Å². The van der Waals surface area contributed by atoms with E-state index in [1.54, 1.807) is 0 Å². The van der Waals surface area contributed by atoms with Crippen LogP contribution in [0, 0.1) is 0 Å². The van der Waals surface area contributed by atoms with Gasteiger partial charge in [0.1, 0.15) is 0 Å². The molecule has 0 fully saturated rings. The Kier molecular flexibility index (Phi) is 2.12. The Morgan fingerprint density at radius 2 is 2.45 bits per heavy atom. The van der Waals surface area contributed by atoms with E-state index in [2.05, 4.69) is 5.32 Å². The summed E-state index contributed by atoms with van der Waals surface area (Å²) in [5, 5.41) is 11.6. The molecule has 0 aliphatic carbocycles. The van der Waals surface area contributed by atoms with E-state index in [1.165, 1.54) is 0 Å². The number of carbonyl (C=O) groups is 1. The van der Waals surface area contributed by atoms with E-state index in [1.807, 2.05) is 18.5 Å². The minimum absolute atomic E-state index is 0.397. The van der Waals surface area contributed by atoms with Crippen LogP contribution in [-0.4, -0.2) is 41.1 Å². The topological polar surface area (TPSA) is 52.3 Å². The molecule has 1 heterocycles. The lowest BCUT2D eigenvalue weighted by Crippen LogP contribution is -2.48. The Labute approximate surface area is 65.5 Å². The van der Waals surface area contributed by atoms with Crippen LogP contribution in [0.2, 0.25) is 0 Å². The monoisotopic (exact) mass is 157 g/mol. The molecule has 0 aromatic heterocycles. The van der Waals surface area contributed by atoms with Gasteiger partial charge in [0.05, 0.1) is 13.6 Å². The average Bonchev–Trinajstić information content (AvgIpc) is 1.94. The molecule has 0 bridgehead atoms. The Bertz CT molecular complexity index is 210. The van der Waals surface area contributed by atoms with Crippen LogP contribution in [0.1, 0.15) is 13.3 Å². The predicted molar refractivity (Wildman–Crippen MR) is 40.9 cm³/mol. The maximum absolute atomic E-state index is 10.5. The number of carboxylic acid groups (broad SMARTS) is 1. The average molecular weight is 157 g/mol. The van der Waals surface area contributed by atoms with Gasteiger partial charge in [0.15, 0.2) is 6.04 Å². The summed E-state index contributed by atoms with van der Waals surface area (Å²) in [6, 6.07) is -0.397. The second-order valence-electron chi connectivity index (χ2n) is 2.83. The van der Waals surface area contributed by atoms with Crippen molar-refractivity contribution in [1.82, 2.24) is 5.32 Å². The molecule has 1 rings (SSSR count). The first-order valence-electron chi connectivity index (χ1n) is 3.65. The molecule has 4 heteroatoms. The largest absolute Gasteiger partial charge is 0.478 e. The van der Waals surface area contributed by atoms with Gasteiger partial charge in [-0.05, 0) is 0 Å². The van der Waals surface area contributed by atoms with Crippen LogP contribution in [0.3, 0.4) is 0 Å². The Morgan fingerprint density at radius 1 is 1.82 bits per heavy atom. The van der Waals surface area contributed by atoms with E-state index in [0.717, 1.165) is 12.4 Å². The van der Waals surface area contributed by atoms with E-state index in [-0.39, 0.29) is 0 Å². The molecule has 2 N–H and O–H groups in total. The summed E-state index contributed by atoms with van der Waals surface area (Å²) in [5.74, 6) is 0.168. The fourth-order valence-electron chi connectivity index (χ4n) is 1.11. The molecule has 0 aromatic rings. The van der Waals surface area contributed by atoms with E-state index >= 15 is 0 Å². The highest BCUT2D eigenvalue weighted by molar-refractivity contribution is 5.83. The van der Waals surface area contributed by atoms with Crippen LogP contribution >= 0.6 is 0 Å². The Balaban J connectivity index is 2.64. The predicted octanol–water partition coefficient (Wildman–Crippen LogP) is -0.506. The first-order valence-corrected chi connectivity index (χ1v) is 3.65. The first kappa shape index (κ1) is 8.04. The maximum Gasteiger partial charge on any atom is 0.348 e. The molecular formula is C7H13N2O2+. The summed E-state index contributed by atoms with van der Waals surface area (Å²) in [6.45, 7) is 2.70. The highest BCUT2D eigenvalue weighted by Gasteiger charge is 2.27. The van der Waals surface area contributed by atoms with Crippen molar-refractivity contribution in [3.05, 3.63) is 0 Å². The van der Waals surface area contributed by atoms with Crippen molar-refractivity contribution < 1.29 is 14.5 Å². The lowest BCUT2D eigenvalue weighted by Gasteiger charge is -2.17. The fourth-order valence-corrected chi connectivity index (χ4v) is 1.11. The molecule has 0 radical (unpaired) electrons. The quantitative estimate of drug-likeness (QED) is 0.504. The van der Waals surface area contributed by atoms with Gasteiger partial charge in [0.2, 0.25) is 5.84 Å². The fraction of sp³-hybridized carbons (Fsp3) is 0.714. The van der Waals surface area contributed by atoms with Crippen LogP contribution in [0.5, 0.6) is 0 Å². The zero-order valence-corrected chi connectivity index (χ0v) is 6.79. The third-order valence-corrected chi connectivity index (χ3v) is 2.01. The van der Waals surface area contributed by atoms with Gasteiger partial charge in [-0.1, -0.05) is 0 Å². The normalized spacial score (nSPS) is 24.7. The molecule has 1 atom stereocenters. The van der Waals surface area contributed by atoms with Crippen molar-refractivity contribution in [2.45, 2.75) is 19.4 Å². The van der Waals surface area contributed by atoms with Crippen molar-refractivity contribution >= 4 is 11.8 Å². The van der Waals surface area contributed by atoms with Crippen molar-refractivity contribution in [2.24, 2.45) is 0 Å². The molecule has 4 nitrogen and oxygen atoms in total. The maximum atomic E-state index is 10.5. The highest BCUT2D eigenvalue weighted by Crippen LogP contribution is 1.98. The number of amidine groups is 1. The number of hydrogen-bond donors (Lipinski definition) is 2. The van der Waals surface area contributed by atoms with Crippen LogP contribution < -0.4 is 5.32 Å². The molecule has 1 aliphatic heterocycles. The minimum atomic E-state index is -0.766. The number of nitrogens with one attached hydrogen (secondary N) is 1. The van der Waals surface area contributed by atoms with Crippen molar-refractivity contribution in [3.63, 3.8) is 0 Å². The molecule has 0 saturated carbocycles. The van der Waals surface area contributed by atoms with Crippen LogP contribution in [0.4, 0.5) is 0 Å². The first-order chi connectivity index (χ1) is 5.11. The summed E-state index contributed by atoms with van der Waals surface area (Å²) >= 11 is 0. The van der Waals surface area contributed by atoms with E-state index in [9.17, 15) is 4.79 Å². The Hall–Kier alpha value is -1.06. The minimum Gasteiger partial charge on any atom is -0.478 e. The third kappa shape index (κ3) is 1.69. The summed E-state index contributed by atoms with van der Waals surface area (Å²) in [7, 11) is 1.94. The van der Waals surface area contributed by atoms with Crippen LogP contribution in [-0.2, 0) is 4.79 Å². The standard InChI is InChI=1S/C7H12N2O2/c1-5-8-6(7(10)11)3-4-9(5)2/h6H,3-4H2,1-2H3,(H,10,11)/p+1. The molecule has 0 aromatic carbocycles. The number of aliphatic carboxylic acids is 1. The van der Waals surface area contributed by atoms with E-state index < -0.39 is 12.0 Å². The van der Waals surface area contributed by atoms with Crippen molar-refractivity contribution in [2.75, 3.05) is 13.6 Å². The summed E-state index contributed by atoms with van der Waals surface area (Å²) < 4.78 is 2.01. The van der Waals surface area contributed by atoms with Gasteiger partial charge in [-0.15, -0.1) is 0 Å². The number of nitrogens with zero attached hydrogens (tertiary/aromatic N) is 1. The van der Waals surface area contributed by atoms with E-state index in [0.29, 0.717) is 6.42 Å². The summed E-state index contributed by atoms with van der Waals surface area (Å²) in [5.41, 5.74) is 0. The molecule has 0 saturated heterocycles. The zero-order valence-electron chi connectivity index (χ0n) is 6.79. The Morgan fingerprint density at radius 3 is 2.91 bits per heavy atom. The number of rotatable bonds is 1. The third-order valence-electron chi connectivity index (χ3n) is 2.01. The molecule has 0 spiro atoms. The molecular weight excluding hydrogens is 144 g/mol. The molecule has 1 unspecified atom stereocenters. The number of carboxylic acids is 1. The van der Waals surface area contributed by atoms with Crippen LogP contribution in [0.15, 0.2) is 0 Å². The molecule has 0 amide bonds. The molecule has 62 valence electrons. The van der Waals surface area contributed by atoms with Gasteiger partial charge in [0.25, 0.3) is 0 Å².